The number of guanidine groups is 1. The molecule has 0 radical (unpaired) electrons. The number of sulfonamides is 1. The highest BCUT2D eigenvalue weighted by Crippen LogP contribution is 2.19. The van der Waals surface area contributed by atoms with Crippen molar-refractivity contribution in [3.63, 3.8) is 0 Å². The number of piperazine rings is 1. The van der Waals surface area contributed by atoms with E-state index < -0.39 is 10.0 Å². The van der Waals surface area contributed by atoms with E-state index in [1.807, 2.05) is 0 Å². The highest BCUT2D eigenvalue weighted by molar-refractivity contribution is 7.88. The number of rotatable bonds is 7. The molecule has 1 aliphatic heterocycles. The zero-order valence-corrected chi connectivity index (χ0v) is 18.7. The van der Waals surface area contributed by atoms with Crippen molar-refractivity contribution in [3.8, 4) is 0 Å². The van der Waals surface area contributed by atoms with Crippen LogP contribution in [-0.2, 0) is 22.2 Å². The minimum absolute atomic E-state index is 0.136. The van der Waals surface area contributed by atoms with Gasteiger partial charge in [0.2, 0.25) is 10.0 Å². The van der Waals surface area contributed by atoms with Gasteiger partial charge >= 0.3 is 0 Å². The van der Waals surface area contributed by atoms with Gasteiger partial charge in [0, 0.05) is 63.6 Å². The first-order chi connectivity index (χ1) is 13.9. The van der Waals surface area contributed by atoms with Crippen molar-refractivity contribution in [2.24, 2.45) is 4.99 Å². The van der Waals surface area contributed by atoms with Gasteiger partial charge in [-0.05, 0) is 0 Å². The van der Waals surface area contributed by atoms with Crippen LogP contribution in [-0.4, -0.2) is 73.5 Å². The Kier molecular flexibility index (Phi) is 7.25. The maximum absolute atomic E-state index is 12.6. The summed E-state index contributed by atoms with van der Waals surface area (Å²) in [5.41, 5.74) is 1.51. The Morgan fingerprint density at radius 2 is 2.07 bits per heavy atom. The maximum atomic E-state index is 12.6. The highest BCUT2D eigenvalue weighted by atomic mass is 32.2. The molecular weight excluding hydrogens is 412 g/mol. The van der Waals surface area contributed by atoms with Crippen molar-refractivity contribution >= 4 is 27.3 Å². The lowest BCUT2D eigenvalue weighted by Crippen LogP contribution is -2.54. The summed E-state index contributed by atoms with van der Waals surface area (Å²) in [5.74, 6) is 1.10. The zero-order valence-electron chi connectivity index (χ0n) is 17.0. The zero-order chi connectivity index (χ0) is 20.9. The molecule has 160 valence electrons. The molecule has 11 heteroatoms. The summed E-state index contributed by atoms with van der Waals surface area (Å²) in [5, 5.41) is 10.3. The molecule has 0 saturated carbocycles. The first kappa shape index (κ1) is 21.7. The topological polar surface area (TPSA) is 104 Å². The smallest absolute Gasteiger partial charge is 0.220 e. The molecule has 0 aromatic carbocycles. The second-order valence-corrected chi connectivity index (χ2v) is 10.0. The van der Waals surface area contributed by atoms with E-state index in [0.29, 0.717) is 37.8 Å². The SMILES string of the molecule is CN=C(NCCc1csc(C(C)C)n1)N1CCN(S(=O)(=O)Cc2ccon2)CC1. The van der Waals surface area contributed by atoms with Gasteiger partial charge in [0.1, 0.15) is 12.0 Å². The summed E-state index contributed by atoms with van der Waals surface area (Å²) in [4.78, 5) is 11.1. The monoisotopic (exact) mass is 440 g/mol. The van der Waals surface area contributed by atoms with E-state index in [4.69, 9.17) is 4.52 Å². The first-order valence-electron chi connectivity index (χ1n) is 9.66. The molecule has 0 amide bonds. The average Bonchev–Trinajstić information content (AvgIpc) is 3.37. The van der Waals surface area contributed by atoms with Crippen molar-refractivity contribution in [1.82, 2.24) is 24.7 Å². The maximum Gasteiger partial charge on any atom is 0.220 e. The lowest BCUT2D eigenvalue weighted by atomic mass is 10.2. The lowest BCUT2D eigenvalue weighted by Gasteiger charge is -2.35. The molecule has 1 N–H and O–H groups in total. The Bertz CT molecular complexity index is 900. The molecule has 9 nitrogen and oxygen atoms in total. The van der Waals surface area contributed by atoms with E-state index in [0.717, 1.165) is 29.6 Å². The third-order valence-corrected chi connectivity index (χ3v) is 7.70. The van der Waals surface area contributed by atoms with Gasteiger partial charge in [0.05, 0.1) is 16.4 Å². The molecule has 0 spiro atoms. The summed E-state index contributed by atoms with van der Waals surface area (Å²) < 4.78 is 31.3. The van der Waals surface area contributed by atoms with E-state index >= 15 is 0 Å². The lowest BCUT2D eigenvalue weighted by molar-refractivity contribution is 0.260. The Balaban J connectivity index is 1.47. The molecule has 3 heterocycles. The number of hydrogen-bond donors (Lipinski definition) is 1. The van der Waals surface area contributed by atoms with Crippen LogP contribution in [0.2, 0.25) is 0 Å². The fraction of sp³-hybridized carbons (Fsp3) is 0.611. The number of aliphatic imine (C=N–C) groups is 1. The number of nitrogens with one attached hydrogen (secondary N) is 1. The van der Waals surface area contributed by atoms with Gasteiger partial charge in [0.15, 0.2) is 5.96 Å². The minimum Gasteiger partial charge on any atom is -0.364 e. The van der Waals surface area contributed by atoms with Gasteiger partial charge in [-0.25, -0.2) is 13.4 Å². The molecule has 2 aromatic heterocycles. The third-order valence-electron chi connectivity index (χ3n) is 4.69. The molecule has 0 bridgehead atoms. The molecule has 0 atom stereocenters. The molecule has 29 heavy (non-hydrogen) atoms. The van der Waals surface area contributed by atoms with Crippen LogP contribution >= 0.6 is 11.3 Å². The standard InChI is InChI=1S/C18H28N6O3S2/c1-14(2)17-21-15(12-28-17)4-6-20-18(19-3)23-7-9-24(10-8-23)29(25,26)13-16-5-11-27-22-16/h5,11-12,14H,4,6-10,13H2,1-3H3,(H,19,20). The van der Waals surface area contributed by atoms with E-state index in [1.54, 1.807) is 24.5 Å². The van der Waals surface area contributed by atoms with E-state index in [9.17, 15) is 8.42 Å². The molecule has 2 aromatic rings. The van der Waals surface area contributed by atoms with Gasteiger partial charge < -0.3 is 14.7 Å². The minimum atomic E-state index is -3.40. The first-order valence-corrected chi connectivity index (χ1v) is 12.1. The van der Waals surface area contributed by atoms with Crippen molar-refractivity contribution in [2.75, 3.05) is 39.8 Å². The molecule has 0 unspecified atom stereocenters. The number of thiazole rings is 1. The number of aromatic nitrogens is 2. The van der Waals surface area contributed by atoms with Crippen molar-refractivity contribution in [2.45, 2.75) is 31.9 Å². The Hall–Kier alpha value is -1.98. The predicted molar refractivity (Wildman–Crippen MR) is 114 cm³/mol. The summed E-state index contributed by atoms with van der Waals surface area (Å²) >= 11 is 1.70. The molecule has 0 aliphatic carbocycles. The van der Waals surface area contributed by atoms with Crippen LogP contribution in [0, 0.1) is 0 Å². The van der Waals surface area contributed by atoms with E-state index in [2.05, 4.69) is 44.6 Å². The van der Waals surface area contributed by atoms with E-state index in [1.165, 1.54) is 10.6 Å². The molecule has 1 aliphatic rings. The Morgan fingerprint density at radius 1 is 1.31 bits per heavy atom. The van der Waals surface area contributed by atoms with Gasteiger partial charge in [0.25, 0.3) is 0 Å². The molecule has 1 fully saturated rings. The van der Waals surface area contributed by atoms with Crippen LogP contribution in [0.5, 0.6) is 0 Å². The number of hydrogen-bond acceptors (Lipinski definition) is 7. The van der Waals surface area contributed by atoms with Crippen LogP contribution in [0.15, 0.2) is 27.2 Å². The molecular formula is C18H28N6O3S2. The predicted octanol–water partition coefficient (Wildman–Crippen LogP) is 1.52. The van der Waals surface area contributed by atoms with Crippen LogP contribution in [0.25, 0.3) is 0 Å². The van der Waals surface area contributed by atoms with Crippen LogP contribution in [0.3, 0.4) is 0 Å². The van der Waals surface area contributed by atoms with Crippen molar-refractivity contribution < 1.29 is 12.9 Å². The summed E-state index contributed by atoms with van der Waals surface area (Å²) in [7, 11) is -1.66. The van der Waals surface area contributed by atoms with Crippen LogP contribution in [0.4, 0.5) is 0 Å². The summed E-state index contributed by atoms with van der Waals surface area (Å²) in [6, 6.07) is 1.58. The summed E-state index contributed by atoms with van der Waals surface area (Å²) in [6.45, 7) is 7.05. The largest absolute Gasteiger partial charge is 0.364 e. The number of nitrogens with zero attached hydrogens (tertiary/aromatic N) is 5. The summed E-state index contributed by atoms with van der Waals surface area (Å²) in [6.07, 6.45) is 2.21. The Morgan fingerprint density at radius 3 is 2.66 bits per heavy atom. The van der Waals surface area contributed by atoms with Crippen LogP contribution < -0.4 is 5.32 Å². The van der Waals surface area contributed by atoms with Crippen molar-refractivity contribution in [3.05, 3.63) is 34.1 Å². The van der Waals surface area contributed by atoms with Gasteiger partial charge in [-0.2, -0.15) is 4.31 Å². The normalized spacial score (nSPS) is 16.6. The van der Waals surface area contributed by atoms with E-state index in [-0.39, 0.29) is 5.75 Å². The molecule has 1 saturated heterocycles. The fourth-order valence-electron chi connectivity index (χ4n) is 3.11. The van der Waals surface area contributed by atoms with Gasteiger partial charge in [-0.3, -0.25) is 4.99 Å². The van der Waals surface area contributed by atoms with Gasteiger partial charge in [-0.15, -0.1) is 11.3 Å². The van der Waals surface area contributed by atoms with Crippen molar-refractivity contribution in [1.29, 1.82) is 0 Å². The van der Waals surface area contributed by atoms with Gasteiger partial charge in [-0.1, -0.05) is 19.0 Å². The fourth-order valence-corrected chi connectivity index (χ4v) is 5.40. The second-order valence-electron chi connectivity index (χ2n) is 7.19. The Labute approximate surface area is 175 Å². The van der Waals surface area contributed by atoms with Crippen LogP contribution in [0.1, 0.15) is 36.2 Å². The quantitative estimate of drug-likeness (QED) is 0.514. The second kappa shape index (κ2) is 9.68. The molecule has 3 rings (SSSR count). The average molecular weight is 441 g/mol. The third kappa shape index (κ3) is 5.77. The highest BCUT2D eigenvalue weighted by Gasteiger charge is 2.28.